The average Bonchev–Trinajstić information content (AvgIpc) is 2.66. The van der Waals surface area contributed by atoms with Crippen LogP contribution in [-0.4, -0.2) is 38.2 Å². The number of allylic oxidation sites excluding steroid dienone is 3. The summed E-state index contributed by atoms with van der Waals surface area (Å²) in [6, 6.07) is 7.64. The number of benzene rings is 1. The predicted molar refractivity (Wildman–Crippen MR) is 119 cm³/mol. The van der Waals surface area contributed by atoms with Gasteiger partial charge in [-0.3, -0.25) is 4.79 Å². The van der Waals surface area contributed by atoms with Gasteiger partial charge in [0.15, 0.2) is 5.78 Å². The average molecular weight is 428 g/mol. The smallest absolute Gasteiger partial charge is 0.336 e. The summed E-state index contributed by atoms with van der Waals surface area (Å²) in [5, 5.41) is 3.34. The molecule has 1 heterocycles. The summed E-state index contributed by atoms with van der Waals surface area (Å²) in [5.41, 5.74) is 3.51. The largest absolute Gasteiger partial charge is 0.491 e. The maximum absolute atomic E-state index is 13.3. The zero-order chi connectivity index (χ0) is 22.8. The molecule has 31 heavy (non-hydrogen) atoms. The molecule has 0 unspecified atom stereocenters. The van der Waals surface area contributed by atoms with Gasteiger partial charge in [-0.25, -0.2) is 4.79 Å². The highest BCUT2D eigenvalue weighted by Crippen LogP contribution is 2.46. The van der Waals surface area contributed by atoms with Gasteiger partial charge in [-0.2, -0.15) is 0 Å². The third-order valence-corrected chi connectivity index (χ3v) is 5.57. The quantitative estimate of drug-likeness (QED) is 0.518. The van der Waals surface area contributed by atoms with Gasteiger partial charge in [-0.15, -0.1) is 0 Å². The standard InChI is InChI=1S/C25H33NO5/c1-15(2)31-18-9-7-17(8-10-18)22-21(24(28)30-12-11-29-6)16(3)26-19-13-25(4,5)14-20(27)23(19)22/h7-10,15,22,26H,11-14H2,1-6H3/t22-/m0/s1. The Hall–Kier alpha value is -2.60. The van der Waals surface area contributed by atoms with Crippen molar-refractivity contribution in [2.45, 2.75) is 59.5 Å². The van der Waals surface area contributed by atoms with Gasteiger partial charge in [0.2, 0.25) is 0 Å². The molecule has 168 valence electrons. The molecule has 0 amide bonds. The van der Waals surface area contributed by atoms with Gasteiger partial charge in [0.1, 0.15) is 12.4 Å². The van der Waals surface area contributed by atoms with Crippen LogP contribution in [0.15, 0.2) is 46.8 Å². The Morgan fingerprint density at radius 2 is 1.84 bits per heavy atom. The number of Topliss-reactive ketones (excluding diaryl/α,β-unsaturated/α-hetero) is 1. The van der Waals surface area contributed by atoms with Crippen molar-refractivity contribution >= 4 is 11.8 Å². The number of esters is 1. The molecule has 0 fully saturated rings. The Morgan fingerprint density at radius 1 is 1.16 bits per heavy atom. The van der Waals surface area contributed by atoms with Crippen LogP contribution in [0.2, 0.25) is 0 Å². The summed E-state index contributed by atoms with van der Waals surface area (Å²) in [5.74, 6) is -0.0781. The van der Waals surface area contributed by atoms with E-state index >= 15 is 0 Å². The van der Waals surface area contributed by atoms with Crippen LogP contribution in [0.4, 0.5) is 0 Å². The summed E-state index contributed by atoms with van der Waals surface area (Å²) in [7, 11) is 1.56. The van der Waals surface area contributed by atoms with Crippen LogP contribution in [0.25, 0.3) is 0 Å². The molecule has 0 aromatic heterocycles. The van der Waals surface area contributed by atoms with Crippen LogP contribution >= 0.6 is 0 Å². The van der Waals surface area contributed by atoms with Crippen molar-refractivity contribution in [2.75, 3.05) is 20.3 Å². The zero-order valence-electron chi connectivity index (χ0n) is 19.3. The topological polar surface area (TPSA) is 73.9 Å². The first-order valence-corrected chi connectivity index (χ1v) is 10.8. The molecule has 0 saturated carbocycles. The minimum absolute atomic E-state index is 0.0645. The van der Waals surface area contributed by atoms with Crippen LogP contribution in [0.3, 0.4) is 0 Å². The van der Waals surface area contributed by atoms with E-state index in [0.29, 0.717) is 24.2 Å². The first kappa shape index (κ1) is 23.1. The number of ketones is 1. The summed E-state index contributed by atoms with van der Waals surface area (Å²) >= 11 is 0. The van der Waals surface area contributed by atoms with Gasteiger partial charge < -0.3 is 19.5 Å². The molecular formula is C25H33NO5. The molecule has 1 N–H and O–H groups in total. The second kappa shape index (κ2) is 9.27. The van der Waals surface area contributed by atoms with Crippen molar-refractivity contribution in [2.24, 2.45) is 5.41 Å². The van der Waals surface area contributed by atoms with Crippen molar-refractivity contribution in [3.8, 4) is 5.75 Å². The molecule has 3 rings (SSSR count). The Bertz CT molecular complexity index is 908. The Kier molecular flexibility index (Phi) is 6.90. The maximum Gasteiger partial charge on any atom is 0.336 e. The van der Waals surface area contributed by atoms with E-state index in [0.717, 1.165) is 29.1 Å². The number of ether oxygens (including phenoxy) is 3. The fraction of sp³-hybridized carbons (Fsp3) is 0.520. The summed E-state index contributed by atoms with van der Waals surface area (Å²) in [6.45, 7) is 10.5. The normalized spacial score (nSPS) is 20.5. The van der Waals surface area contributed by atoms with Crippen molar-refractivity contribution in [3.63, 3.8) is 0 Å². The highest BCUT2D eigenvalue weighted by atomic mass is 16.6. The highest BCUT2D eigenvalue weighted by Gasteiger charge is 2.43. The minimum Gasteiger partial charge on any atom is -0.491 e. The van der Waals surface area contributed by atoms with Crippen LogP contribution in [0, 0.1) is 5.41 Å². The molecule has 1 atom stereocenters. The van der Waals surface area contributed by atoms with E-state index in [2.05, 4.69) is 19.2 Å². The minimum atomic E-state index is -0.469. The first-order valence-electron chi connectivity index (χ1n) is 10.8. The lowest BCUT2D eigenvalue weighted by molar-refractivity contribution is -0.140. The molecule has 1 aromatic rings. The van der Waals surface area contributed by atoms with Crippen molar-refractivity contribution in [1.82, 2.24) is 5.32 Å². The third-order valence-electron chi connectivity index (χ3n) is 5.57. The number of hydrogen-bond acceptors (Lipinski definition) is 6. The number of carbonyl (C=O) groups excluding carboxylic acids is 2. The van der Waals surface area contributed by atoms with E-state index in [1.807, 2.05) is 45.0 Å². The number of dihydropyridines is 1. The molecule has 0 saturated heterocycles. The SMILES string of the molecule is COCCOC(=O)C1=C(C)NC2=C(C(=O)CC(C)(C)C2)[C@H]1c1ccc(OC(C)C)cc1. The van der Waals surface area contributed by atoms with Crippen molar-refractivity contribution in [1.29, 1.82) is 0 Å². The summed E-state index contributed by atoms with van der Waals surface area (Å²) in [4.78, 5) is 26.3. The third kappa shape index (κ3) is 5.18. The van der Waals surface area contributed by atoms with E-state index < -0.39 is 11.9 Å². The Balaban J connectivity index is 2.04. The summed E-state index contributed by atoms with van der Waals surface area (Å²) in [6.07, 6.45) is 1.26. The van der Waals surface area contributed by atoms with E-state index in [9.17, 15) is 9.59 Å². The number of carbonyl (C=O) groups is 2. The number of methoxy groups -OCH3 is 1. The molecule has 2 aliphatic rings. The van der Waals surface area contributed by atoms with Gasteiger partial charge in [-0.05, 0) is 50.3 Å². The number of hydrogen-bond donors (Lipinski definition) is 1. The first-order chi connectivity index (χ1) is 14.6. The molecule has 6 heteroatoms. The Labute approximate surface area is 184 Å². The van der Waals surface area contributed by atoms with Crippen molar-refractivity contribution in [3.05, 3.63) is 52.4 Å². The van der Waals surface area contributed by atoms with Crippen LogP contribution in [0.1, 0.15) is 58.9 Å². The van der Waals surface area contributed by atoms with E-state index in [4.69, 9.17) is 14.2 Å². The molecular weight excluding hydrogens is 394 g/mol. The lowest BCUT2D eigenvalue weighted by atomic mass is 9.68. The molecule has 1 aliphatic heterocycles. The van der Waals surface area contributed by atoms with E-state index in [1.54, 1.807) is 7.11 Å². The zero-order valence-corrected chi connectivity index (χ0v) is 19.3. The fourth-order valence-corrected chi connectivity index (χ4v) is 4.35. The number of rotatable bonds is 7. The van der Waals surface area contributed by atoms with Crippen LogP contribution in [-0.2, 0) is 19.1 Å². The number of nitrogens with one attached hydrogen (secondary N) is 1. The second-order valence-corrected chi connectivity index (χ2v) is 9.29. The van der Waals surface area contributed by atoms with Gasteiger partial charge in [0.05, 0.1) is 18.3 Å². The van der Waals surface area contributed by atoms with Gasteiger partial charge in [0.25, 0.3) is 0 Å². The highest BCUT2D eigenvalue weighted by molar-refractivity contribution is 6.04. The Morgan fingerprint density at radius 3 is 2.45 bits per heavy atom. The second-order valence-electron chi connectivity index (χ2n) is 9.29. The van der Waals surface area contributed by atoms with Gasteiger partial charge in [0, 0.05) is 36.4 Å². The molecule has 1 aromatic carbocycles. The molecule has 6 nitrogen and oxygen atoms in total. The predicted octanol–water partition coefficient (Wildman–Crippen LogP) is 4.27. The van der Waals surface area contributed by atoms with Crippen LogP contribution in [0.5, 0.6) is 5.75 Å². The summed E-state index contributed by atoms with van der Waals surface area (Å²) < 4.78 is 16.2. The fourth-order valence-electron chi connectivity index (χ4n) is 4.35. The van der Waals surface area contributed by atoms with Crippen molar-refractivity contribution < 1.29 is 23.8 Å². The lowest BCUT2D eigenvalue weighted by Crippen LogP contribution is -2.38. The molecule has 1 aliphatic carbocycles. The van der Waals surface area contributed by atoms with Crippen LogP contribution < -0.4 is 10.1 Å². The van der Waals surface area contributed by atoms with Gasteiger partial charge in [-0.1, -0.05) is 26.0 Å². The molecule has 0 radical (unpaired) electrons. The molecule has 0 bridgehead atoms. The monoisotopic (exact) mass is 427 g/mol. The molecule has 0 spiro atoms. The van der Waals surface area contributed by atoms with Gasteiger partial charge >= 0.3 is 5.97 Å². The maximum atomic E-state index is 13.3. The lowest BCUT2D eigenvalue weighted by Gasteiger charge is -2.39. The van der Waals surface area contributed by atoms with E-state index in [1.165, 1.54) is 0 Å². The van der Waals surface area contributed by atoms with E-state index in [-0.39, 0.29) is 23.9 Å².